The van der Waals surface area contributed by atoms with Crippen molar-refractivity contribution >= 4 is 5.69 Å². The van der Waals surface area contributed by atoms with E-state index in [1.165, 1.54) is 12.1 Å². The zero-order chi connectivity index (χ0) is 14.5. The number of hydrogen-bond acceptors (Lipinski definition) is 4. The van der Waals surface area contributed by atoms with Gasteiger partial charge in [0.15, 0.2) is 11.6 Å². The van der Waals surface area contributed by atoms with Gasteiger partial charge >= 0.3 is 0 Å². The van der Waals surface area contributed by atoms with E-state index < -0.39 is 17.6 Å². The summed E-state index contributed by atoms with van der Waals surface area (Å²) < 4.78 is 18.4. The summed E-state index contributed by atoms with van der Waals surface area (Å²) in [5, 5.41) is 21.7. The summed E-state index contributed by atoms with van der Waals surface area (Å²) in [6.45, 7) is -0.198. The number of nitrogens with one attached hydrogen (secondary N) is 1. The molecule has 0 aliphatic heterocycles. The molecule has 0 amide bonds. The second kappa shape index (κ2) is 6.25. The monoisotopic (exact) mass is 277 g/mol. The standard InChI is InChI=1S/C15H16FNO3/c1-20-12-5-3-11(4-6-12)17-14(9-18)10-2-7-15(19)13(16)8-10/h2-8,14,17-19H,9H2,1H3. The lowest BCUT2D eigenvalue weighted by atomic mass is 10.1. The van der Waals surface area contributed by atoms with Gasteiger partial charge in [0, 0.05) is 5.69 Å². The van der Waals surface area contributed by atoms with Crippen LogP contribution in [0.15, 0.2) is 42.5 Å². The Morgan fingerprint density at radius 2 is 1.90 bits per heavy atom. The summed E-state index contributed by atoms with van der Waals surface area (Å²) in [5.41, 5.74) is 1.33. The molecule has 2 rings (SSSR count). The number of benzene rings is 2. The fourth-order valence-corrected chi connectivity index (χ4v) is 1.86. The van der Waals surface area contributed by atoms with E-state index in [2.05, 4.69) is 5.32 Å². The largest absolute Gasteiger partial charge is 0.505 e. The molecule has 0 aromatic heterocycles. The van der Waals surface area contributed by atoms with E-state index in [0.717, 1.165) is 11.4 Å². The number of aliphatic hydroxyl groups is 1. The highest BCUT2D eigenvalue weighted by Crippen LogP contribution is 2.24. The first-order valence-corrected chi connectivity index (χ1v) is 6.14. The quantitative estimate of drug-likeness (QED) is 0.786. The van der Waals surface area contributed by atoms with Gasteiger partial charge in [0.05, 0.1) is 19.8 Å². The molecule has 0 spiro atoms. The Labute approximate surface area is 116 Å². The Morgan fingerprint density at radius 1 is 1.20 bits per heavy atom. The van der Waals surface area contributed by atoms with Crippen molar-refractivity contribution in [3.8, 4) is 11.5 Å². The van der Waals surface area contributed by atoms with Crippen LogP contribution in [0.2, 0.25) is 0 Å². The molecule has 0 heterocycles. The fraction of sp³-hybridized carbons (Fsp3) is 0.200. The van der Waals surface area contributed by atoms with Crippen molar-refractivity contribution in [2.24, 2.45) is 0 Å². The van der Waals surface area contributed by atoms with Crippen LogP contribution in [0, 0.1) is 5.82 Å². The van der Waals surface area contributed by atoms with Gasteiger partial charge in [-0.1, -0.05) is 6.07 Å². The minimum Gasteiger partial charge on any atom is -0.505 e. The van der Waals surface area contributed by atoms with E-state index in [0.29, 0.717) is 5.56 Å². The minimum atomic E-state index is -0.711. The zero-order valence-electron chi connectivity index (χ0n) is 11.0. The zero-order valence-corrected chi connectivity index (χ0v) is 11.0. The summed E-state index contributed by atoms with van der Waals surface area (Å²) >= 11 is 0. The average molecular weight is 277 g/mol. The van der Waals surface area contributed by atoms with Gasteiger partial charge in [0.2, 0.25) is 0 Å². The molecule has 0 aliphatic carbocycles. The lowest BCUT2D eigenvalue weighted by Gasteiger charge is -2.18. The van der Waals surface area contributed by atoms with Crippen molar-refractivity contribution in [2.75, 3.05) is 19.0 Å². The van der Waals surface area contributed by atoms with E-state index in [-0.39, 0.29) is 6.61 Å². The lowest BCUT2D eigenvalue weighted by molar-refractivity contribution is 0.276. The summed E-state index contributed by atoms with van der Waals surface area (Å²) in [5.74, 6) is -0.390. The molecule has 5 heteroatoms. The maximum atomic E-state index is 13.3. The van der Waals surface area contributed by atoms with Crippen molar-refractivity contribution < 1.29 is 19.3 Å². The van der Waals surface area contributed by atoms with E-state index in [1.807, 2.05) is 0 Å². The number of phenols is 1. The SMILES string of the molecule is COc1ccc(NC(CO)c2ccc(O)c(F)c2)cc1. The molecule has 1 atom stereocenters. The molecule has 2 aromatic rings. The topological polar surface area (TPSA) is 61.7 Å². The molecule has 0 aliphatic rings. The molecule has 4 nitrogen and oxygen atoms in total. The highest BCUT2D eigenvalue weighted by atomic mass is 19.1. The predicted molar refractivity (Wildman–Crippen MR) is 74.5 cm³/mol. The van der Waals surface area contributed by atoms with Gasteiger partial charge in [0.25, 0.3) is 0 Å². The first kappa shape index (κ1) is 14.1. The van der Waals surface area contributed by atoms with Crippen molar-refractivity contribution in [1.29, 1.82) is 0 Å². The van der Waals surface area contributed by atoms with E-state index in [4.69, 9.17) is 4.74 Å². The molecule has 0 saturated heterocycles. The number of hydrogen-bond donors (Lipinski definition) is 3. The predicted octanol–water partition coefficient (Wildman–Crippen LogP) is 2.69. The van der Waals surface area contributed by atoms with Gasteiger partial charge in [-0.15, -0.1) is 0 Å². The number of methoxy groups -OCH3 is 1. The molecule has 2 aromatic carbocycles. The lowest BCUT2D eigenvalue weighted by Crippen LogP contribution is -2.15. The average Bonchev–Trinajstić information content (AvgIpc) is 2.48. The number of phenolic OH excluding ortho intramolecular Hbond substituents is 1. The number of aromatic hydroxyl groups is 1. The highest BCUT2D eigenvalue weighted by Gasteiger charge is 2.12. The van der Waals surface area contributed by atoms with E-state index >= 15 is 0 Å². The van der Waals surface area contributed by atoms with Crippen LogP contribution in [0.4, 0.5) is 10.1 Å². The number of anilines is 1. The van der Waals surface area contributed by atoms with Gasteiger partial charge < -0.3 is 20.3 Å². The summed E-state index contributed by atoms with van der Waals surface area (Å²) in [7, 11) is 1.58. The third-order valence-corrected chi connectivity index (χ3v) is 2.99. The minimum absolute atomic E-state index is 0.198. The van der Waals surface area contributed by atoms with E-state index in [9.17, 15) is 14.6 Å². The second-order valence-corrected chi connectivity index (χ2v) is 4.32. The van der Waals surface area contributed by atoms with Crippen molar-refractivity contribution in [3.05, 3.63) is 53.8 Å². The summed E-state index contributed by atoms with van der Waals surface area (Å²) in [6, 6.07) is 10.8. The molecule has 106 valence electrons. The van der Waals surface area contributed by atoms with Gasteiger partial charge in [0.1, 0.15) is 5.75 Å². The van der Waals surface area contributed by atoms with Crippen molar-refractivity contribution in [2.45, 2.75) is 6.04 Å². The highest BCUT2D eigenvalue weighted by molar-refractivity contribution is 5.48. The molecule has 0 bridgehead atoms. The van der Waals surface area contributed by atoms with Crippen LogP contribution in [0.5, 0.6) is 11.5 Å². The van der Waals surface area contributed by atoms with Crippen molar-refractivity contribution in [1.82, 2.24) is 0 Å². The van der Waals surface area contributed by atoms with Crippen LogP contribution < -0.4 is 10.1 Å². The van der Waals surface area contributed by atoms with Crippen molar-refractivity contribution in [3.63, 3.8) is 0 Å². The second-order valence-electron chi connectivity index (χ2n) is 4.32. The molecule has 0 fully saturated rings. The van der Waals surface area contributed by atoms with Crippen LogP contribution in [0.25, 0.3) is 0 Å². The number of ether oxygens (including phenoxy) is 1. The fourth-order valence-electron chi connectivity index (χ4n) is 1.86. The van der Waals surface area contributed by atoms with Crippen LogP contribution in [0.3, 0.4) is 0 Å². The Hall–Kier alpha value is -2.27. The molecule has 0 saturated carbocycles. The van der Waals surface area contributed by atoms with Gasteiger partial charge in [-0.05, 0) is 42.0 Å². The maximum Gasteiger partial charge on any atom is 0.165 e. The molecule has 0 radical (unpaired) electrons. The van der Waals surface area contributed by atoms with Crippen LogP contribution in [-0.2, 0) is 0 Å². The van der Waals surface area contributed by atoms with E-state index in [1.54, 1.807) is 37.4 Å². The molecular formula is C15H16FNO3. The Morgan fingerprint density at radius 3 is 2.45 bits per heavy atom. The third kappa shape index (κ3) is 3.19. The van der Waals surface area contributed by atoms with Gasteiger partial charge in [-0.2, -0.15) is 0 Å². The molecule has 20 heavy (non-hydrogen) atoms. The first-order chi connectivity index (χ1) is 9.63. The summed E-state index contributed by atoms with van der Waals surface area (Å²) in [6.07, 6.45) is 0. The van der Waals surface area contributed by atoms with Crippen LogP contribution in [-0.4, -0.2) is 23.9 Å². The first-order valence-electron chi connectivity index (χ1n) is 6.14. The Bertz CT molecular complexity index is 572. The Balaban J connectivity index is 2.16. The molecule has 1 unspecified atom stereocenters. The van der Waals surface area contributed by atoms with Crippen LogP contribution >= 0.6 is 0 Å². The number of aliphatic hydroxyl groups excluding tert-OH is 1. The van der Waals surface area contributed by atoms with Gasteiger partial charge in [-0.25, -0.2) is 4.39 Å². The van der Waals surface area contributed by atoms with Crippen LogP contribution in [0.1, 0.15) is 11.6 Å². The smallest absolute Gasteiger partial charge is 0.165 e. The third-order valence-electron chi connectivity index (χ3n) is 2.99. The number of rotatable bonds is 5. The normalized spacial score (nSPS) is 11.9. The Kier molecular flexibility index (Phi) is 4.42. The molecule has 3 N–H and O–H groups in total. The summed E-state index contributed by atoms with van der Waals surface area (Å²) in [4.78, 5) is 0. The van der Waals surface area contributed by atoms with Gasteiger partial charge in [-0.3, -0.25) is 0 Å². The maximum absolute atomic E-state index is 13.3. The molecular weight excluding hydrogens is 261 g/mol. The number of halogens is 1.